The average molecular weight is 874 g/mol. The number of methoxy groups -OCH3 is 1. The van der Waals surface area contributed by atoms with Crippen LogP contribution < -0.4 is 19.5 Å². The number of hydrogen-bond donors (Lipinski definition) is 3. The highest BCUT2D eigenvalue weighted by Gasteiger charge is 2.66. The average Bonchev–Trinajstić information content (AvgIpc) is 3.26. The summed E-state index contributed by atoms with van der Waals surface area (Å²) in [5.74, 6) is -1.07. The van der Waals surface area contributed by atoms with Crippen molar-refractivity contribution in [3.05, 3.63) is 96.1 Å². The van der Waals surface area contributed by atoms with Crippen molar-refractivity contribution in [1.29, 1.82) is 0 Å². The predicted molar refractivity (Wildman–Crippen MR) is 235 cm³/mol. The van der Waals surface area contributed by atoms with Gasteiger partial charge in [-0.1, -0.05) is 37.1 Å². The first kappa shape index (κ1) is 46.4. The fourth-order valence-corrected chi connectivity index (χ4v) is 11.2. The summed E-state index contributed by atoms with van der Waals surface area (Å²) in [6.07, 6.45) is 9.32. The van der Waals surface area contributed by atoms with Gasteiger partial charge in [0.1, 0.15) is 30.1 Å². The molecular weight excluding hydrogens is 815 g/mol. The van der Waals surface area contributed by atoms with Gasteiger partial charge in [0, 0.05) is 50.3 Å². The molecule has 15 heteroatoms. The van der Waals surface area contributed by atoms with Gasteiger partial charge < -0.3 is 39.3 Å². The van der Waals surface area contributed by atoms with Crippen LogP contribution in [0.5, 0.6) is 23.0 Å². The molecule has 1 heterocycles. The number of aliphatic hydroxyl groups excluding tert-OH is 2. The molecule has 6 rings (SSSR count). The minimum Gasteiger partial charge on any atom is -0.496 e. The first-order valence-electron chi connectivity index (χ1n) is 21.3. The van der Waals surface area contributed by atoms with E-state index in [1.54, 1.807) is 42.5 Å². The summed E-state index contributed by atoms with van der Waals surface area (Å²) in [6.45, 7) is 7.53. The van der Waals surface area contributed by atoms with Crippen molar-refractivity contribution in [3.63, 3.8) is 0 Å². The standard InChI is InChI=1S/C47H59N3O11S/c1-6-22-50(62(55,56)37-18-14-34(15-19-37)48-31(3)54)44-29-41(49-58-5)39-27-32(12-8-10-23-51)38(13-9-11-24-52)45-40-28-36(60-35-16-20-42(57-4)33(26-35)30-53)17-21-43(40)61-47(44,46(39)45)59-25-7-2/h7,14-21,26-28,30,32,38,44-46,51-52H,2,6,8-13,22-25,29H2,1,3-5H3,(H,48,54). The van der Waals surface area contributed by atoms with E-state index < -0.39 is 27.8 Å². The van der Waals surface area contributed by atoms with E-state index in [9.17, 15) is 19.8 Å². The second kappa shape index (κ2) is 20.9. The summed E-state index contributed by atoms with van der Waals surface area (Å²) in [5.41, 5.74) is 3.03. The van der Waals surface area contributed by atoms with Crippen LogP contribution >= 0.6 is 0 Å². The van der Waals surface area contributed by atoms with Crippen molar-refractivity contribution in [3.8, 4) is 23.0 Å². The van der Waals surface area contributed by atoms with Crippen molar-refractivity contribution in [1.82, 2.24) is 4.31 Å². The smallest absolute Gasteiger partial charge is 0.243 e. The predicted octanol–water partition coefficient (Wildman–Crippen LogP) is 7.62. The van der Waals surface area contributed by atoms with Gasteiger partial charge in [-0.05, 0) is 110 Å². The molecule has 6 atom stereocenters. The molecule has 14 nitrogen and oxygen atoms in total. The Morgan fingerprint density at radius 1 is 1.02 bits per heavy atom. The number of anilines is 1. The molecule has 3 aromatic carbocycles. The third-order valence-electron chi connectivity index (χ3n) is 12.0. The van der Waals surface area contributed by atoms with Crippen molar-refractivity contribution >= 4 is 33.6 Å². The van der Waals surface area contributed by atoms with E-state index in [4.69, 9.17) is 23.8 Å². The fourth-order valence-electron chi connectivity index (χ4n) is 9.51. The number of carbonyl (C=O) groups excluding carboxylic acids is 2. The van der Waals surface area contributed by atoms with Crippen LogP contribution in [-0.4, -0.2) is 93.3 Å². The van der Waals surface area contributed by atoms with Crippen LogP contribution in [0.1, 0.15) is 87.1 Å². The largest absolute Gasteiger partial charge is 0.496 e. The van der Waals surface area contributed by atoms with Gasteiger partial charge >= 0.3 is 0 Å². The molecule has 0 radical (unpaired) electrons. The van der Waals surface area contributed by atoms with Crippen LogP contribution in [0.2, 0.25) is 0 Å². The van der Waals surface area contributed by atoms with Crippen LogP contribution in [0.4, 0.5) is 5.69 Å². The van der Waals surface area contributed by atoms with E-state index in [-0.39, 0.29) is 61.3 Å². The number of fused-ring (bicyclic) bond motifs is 2. The Morgan fingerprint density at radius 2 is 1.73 bits per heavy atom. The molecule has 62 heavy (non-hydrogen) atoms. The Balaban J connectivity index is 1.59. The number of ether oxygens (including phenoxy) is 4. The Labute approximate surface area is 364 Å². The summed E-state index contributed by atoms with van der Waals surface area (Å²) < 4.78 is 57.6. The highest BCUT2D eigenvalue weighted by molar-refractivity contribution is 7.89. The maximum atomic E-state index is 15.1. The lowest BCUT2D eigenvalue weighted by Crippen LogP contribution is -2.70. The molecular formula is C47H59N3O11S. The highest BCUT2D eigenvalue weighted by atomic mass is 32.2. The minimum atomic E-state index is -4.26. The Hall–Kier alpha value is -5.06. The van der Waals surface area contributed by atoms with E-state index >= 15 is 8.42 Å². The molecule has 3 N–H and O–H groups in total. The van der Waals surface area contributed by atoms with Crippen LogP contribution in [-0.2, 0) is 24.4 Å². The van der Waals surface area contributed by atoms with Gasteiger partial charge in [-0.2, -0.15) is 4.31 Å². The molecule has 1 saturated carbocycles. The number of nitrogens with one attached hydrogen (secondary N) is 1. The highest BCUT2D eigenvalue weighted by Crippen LogP contribution is 2.62. The molecule has 3 aliphatic rings. The van der Waals surface area contributed by atoms with Gasteiger partial charge in [0.25, 0.3) is 0 Å². The number of allylic oxidation sites excluding steroid dienone is 1. The number of unbranched alkanes of at least 4 members (excludes halogenated alkanes) is 2. The van der Waals surface area contributed by atoms with Crippen molar-refractivity contribution in [2.24, 2.45) is 22.9 Å². The first-order valence-corrected chi connectivity index (χ1v) is 22.8. The first-order chi connectivity index (χ1) is 30.0. The maximum Gasteiger partial charge on any atom is 0.243 e. The SMILES string of the molecule is C=CCOC12Oc3ccc(Oc4ccc(OC)c(C=O)c4)cc3C3C(CCCCO)C(CCCCO)C=C(C(=NOC)CC1N(CCC)S(=O)(=O)c1ccc(NC(C)=O)cc1)C32. The number of benzene rings is 3. The lowest BCUT2D eigenvalue weighted by atomic mass is 9.55. The topological polar surface area (TPSA) is 183 Å². The zero-order chi connectivity index (χ0) is 44.4. The monoisotopic (exact) mass is 873 g/mol. The van der Waals surface area contributed by atoms with Crippen LogP contribution in [0.25, 0.3) is 0 Å². The Kier molecular flexibility index (Phi) is 15.6. The number of carbonyl (C=O) groups is 2. The molecule has 6 unspecified atom stereocenters. The molecule has 3 aromatic rings. The number of nitrogens with zero attached hydrogens (tertiary/aromatic N) is 2. The van der Waals surface area contributed by atoms with Crippen LogP contribution in [0.15, 0.2) is 95.0 Å². The normalized spacial score (nSPS) is 23.4. The zero-order valence-electron chi connectivity index (χ0n) is 36.0. The van der Waals surface area contributed by atoms with Gasteiger partial charge in [-0.15, -0.1) is 6.58 Å². The summed E-state index contributed by atoms with van der Waals surface area (Å²) in [7, 11) is -1.29. The fraction of sp³-hybridized carbons (Fsp3) is 0.468. The number of aliphatic hydroxyl groups is 2. The number of sulfonamides is 1. The number of hydrogen-bond acceptors (Lipinski definition) is 12. The van der Waals surface area contributed by atoms with E-state index in [1.807, 2.05) is 19.1 Å². The van der Waals surface area contributed by atoms with E-state index in [0.717, 1.165) is 36.8 Å². The third kappa shape index (κ3) is 9.61. The summed E-state index contributed by atoms with van der Waals surface area (Å²) >= 11 is 0. The van der Waals surface area contributed by atoms with Crippen LogP contribution in [0, 0.1) is 17.8 Å². The maximum absolute atomic E-state index is 15.1. The second-order valence-electron chi connectivity index (χ2n) is 15.9. The van der Waals surface area contributed by atoms with Crippen molar-refractivity contribution < 1.29 is 52.0 Å². The Bertz CT molecular complexity index is 2230. The number of rotatable bonds is 22. The molecule has 0 aromatic heterocycles. The molecule has 1 fully saturated rings. The van der Waals surface area contributed by atoms with Crippen molar-refractivity contribution in [2.45, 2.75) is 87.9 Å². The number of amides is 1. The van der Waals surface area contributed by atoms with Gasteiger partial charge in [-0.25, -0.2) is 8.42 Å². The number of oxime groups is 1. The zero-order valence-corrected chi connectivity index (χ0v) is 36.8. The third-order valence-corrected chi connectivity index (χ3v) is 13.9. The molecule has 2 aliphatic carbocycles. The van der Waals surface area contributed by atoms with Gasteiger partial charge in [0.2, 0.25) is 21.7 Å². The molecule has 0 saturated heterocycles. The molecule has 1 aliphatic heterocycles. The Morgan fingerprint density at radius 3 is 2.37 bits per heavy atom. The molecule has 0 bridgehead atoms. The molecule has 334 valence electrons. The number of aldehydes is 1. The van der Waals surface area contributed by atoms with Gasteiger partial charge in [0.05, 0.1) is 41.8 Å². The molecule has 0 spiro atoms. The van der Waals surface area contributed by atoms with E-state index in [0.29, 0.717) is 65.5 Å². The van der Waals surface area contributed by atoms with E-state index in [1.165, 1.54) is 37.6 Å². The van der Waals surface area contributed by atoms with E-state index in [2.05, 4.69) is 23.1 Å². The quantitative estimate of drug-likeness (QED) is 0.0391. The van der Waals surface area contributed by atoms with Gasteiger partial charge in [0.15, 0.2) is 6.29 Å². The van der Waals surface area contributed by atoms with Crippen molar-refractivity contribution in [2.75, 3.05) is 45.9 Å². The lowest BCUT2D eigenvalue weighted by Gasteiger charge is -2.59. The summed E-state index contributed by atoms with van der Waals surface area (Å²) in [6, 6.07) is 15.7. The minimum absolute atomic E-state index is 0.00271. The van der Waals surface area contributed by atoms with Gasteiger partial charge in [-0.3, -0.25) is 9.59 Å². The molecule has 1 amide bonds. The van der Waals surface area contributed by atoms with Crippen LogP contribution in [0.3, 0.4) is 0 Å². The second-order valence-corrected chi connectivity index (χ2v) is 17.8. The summed E-state index contributed by atoms with van der Waals surface area (Å²) in [4.78, 5) is 29.3. The summed E-state index contributed by atoms with van der Waals surface area (Å²) in [5, 5.41) is 27.1. The lowest BCUT2D eigenvalue weighted by molar-refractivity contribution is -0.251.